The molecule has 0 bridgehead atoms. The second-order valence-corrected chi connectivity index (χ2v) is 13.9. The molecule has 1 fully saturated rings. The largest absolute Gasteiger partial charge is 0.455 e. The molecule has 0 spiro atoms. The van der Waals surface area contributed by atoms with Crippen molar-refractivity contribution in [2.75, 3.05) is 25.7 Å². The Morgan fingerprint density at radius 2 is 1.43 bits per heavy atom. The molecular formula is C29H32N2O13S2. The summed E-state index contributed by atoms with van der Waals surface area (Å²) >= 11 is 0. The van der Waals surface area contributed by atoms with Crippen molar-refractivity contribution in [3.05, 3.63) is 104 Å². The van der Waals surface area contributed by atoms with Gasteiger partial charge in [-0.1, -0.05) is 48.5 Å². The number of nitrogens with zero attached hydrogens (tertiary/aromatic N) is 2. The van der Waals surface area contributed by atoms with Gasteiger partial charge in [-0.25, -0.2) is 4.79 Å². The van der Waals surface area contributed by atoms with Crippen LogP contribution in [-0.4, -0.2) is 81.4 Å². The van der Waals surface area contributed by atoms with E-state index in [1.54, 1.807) is 36.4 Å². The van der Waals surface area contributed by atoms with Crippen molar-refractivity contribution in [2.24, 2.45) is 0 Å². The van der Waals surface area contributed by atoms with Gasteiger partial charge in [0.25, 0.3) is 31.7 Å². The molecule has 3 aromatic rings. The standard InChI is InChI=1S/C29H32N2O13S2/c1-19-15-30(28(35)31(25(19)33)26(34)22-13-9-6-10-14-22)27-23(43-20(2)32)24(40-16-21-11-7-5-8-12-21)29(44-27,17-41-45(3,36)37)18-42-46(4,38)39/h5-15,23-24,27H,16-18H2,1-4H3/t23-,24-,27-/m1/s1. The average molecular weight is 681 g/mol. The predicted molar refractivity (Wildman–Crippen MR) is 161 cm³/mol. The monoisotopic (exact) mass is 680 g/mol. The highest BCUT2D eigenvalue weighted by atomic mass is 32.2. The van der Waals surface area contributed by atoms with Crippen LogP contribution < -0.4 is 11.2 Å². The number of hydrogen-bond donors (Lipinski definition) is 0. The Hall–Kier alpha value is -4.00. The smallest absolute Gasteiger partial charge is 0.340 e. The summed E-state index contributed by atoms with van der Waals surface area (Å²) in [7, 11) is -8.39. The van der Waals surface area contributed by atoms with Crippen LogP contribution in [-0.2, 0) is 54.2 Å². The Balaban J connectivity index is 1.93. The highest BCUT2D eigenvalue weighted by molar-refractivity contribution is 7.86. The second kappa shape index (κ2) is 13.8. The van der Waals surface area contributed by atoms with E-state index < -0.39 is 80.6 Å². The van der Waals surface area contributed by atoms with Crippen LogP contribution in [0.3, 0.4) is 0 Å². The molecule has 0 saturated carbocycles. The minimum absolute atomic E-state index is 0.0178. The molecule has 17 heteroatoms. The first kappa shape index (κ1) is 34.9. The van der Waals surface area contributed by atoms with E-state index in [4.69, 9.17) is 22.6 Å². The van der Waals surface area contributed by atoms with Crippen LogP contribution in [0, 0.1) is 6.92 Å². The van der Waals surface area contributed by atoms with Gasteiger partial charge in [0.15, 0.2) is 17.9 Å². The molecule has 1 aromatic heterocycles. The molecule has 248 valence electrons. The zero-order valence-corrected chi connectivity index (χ0v) is 26.9. The van der Waals surface area contributed by atoms with Crippen molar-refractivity contribution in [3.63, 3.8) is 0 Å². The van der Waals surface area contributed by atoms with Crippen LogP contribution in [0.4, 0.5) is 0 Å². The fraction of sp³-hybridized carbons (Fsp3) is 0.379. The maximum absolute atomic E-state index is 13.9. The highest BCUT2D eigenvalue weighted by Crippen LogP contribution is 2.42. The maximum Gasteiger partial charge on any atom is 0.340 e. The number of hydrogen-bond acceptors (Lipinski definition) is 13. The lowest BCUT2D eigenvalue weighted by atomic mass is 9.96. The Morgan fingerprint density at radius 1 is 0.891 bits per heavy atom. The number of carbonyl (C=O) groups is 2. The molecule has 1 saturated heterocycles. The Morgan fingerprint density at radius 3 is 1.96 bits per heavy atom. The summed E-state index contributed by atoms with van der Waals surface area (Å²) in [5.41, 5.74) is -3.75. The first-order chi connectivity index (χ1) is 21.5. The molecule has 1 aliphatic heterocycles. The summed E-state index contributed by atoms with van der Waals surface area (Å²) in [5.74, 6) is -1.84. The van der Waals surface area contributed by atoms with Crippen LogP contribution in [0.1, 0.15) is 34.6 Å². The number of aromatic nitrogens is 2. The molecule has 0 aliphatic carbocycles. The molecule has 0 unspecified atom stereocenters. The molecule has 0 N–H and O–H groups in total. The molecule has 4 rings (SSSR count). The summed E-state index contributed by atoms with van der Waals surface area (Å²) in [6.45, 7) is 0.383. The molecule has 46 heavy (non-hydrogen) atoms. The van der Waals surface area contributed by atoms with Crippen LogP contribution in [0.25, 0.3) is 0 Å². The maximum atomic E-state index is 13.9. The lowest BCUT2D eigenvalue weighted by molar-refractivity contribution is -0.159. The van der Waals surface area contributed by atoms with Gasteiger partial charge in [0, 0.05) is 24.2 Å². The number of benzene rings is 2. The quantitative estimate of drug-likeness (QED) is 0.192. The number of ether oxygens (including phenoxy) is 3. The summed E-state index contributed by atoms with van der Waals surface area (Å²) in [4.78, 5) is 52.8. The lowest BCUT2D eigenvalue weighted by Crippen LogP contribution is -2.53. The minimum Gasteiger partial charge on any atom is -0.455 e. The van der Waals surface area contributed by atoms with Gasteiger partial charge < -0.3 is 14.2 Å². The van der Waals surface area contributed by atoms with E-state index in [9.17, 15) is 36.0 Å². The van der Waals surface area contributed by atoms with Crippen molar-refractivity contribution in [2.45, 2.75) is 44.5 Å². The van der Waals surface area contributed by atoms with Gasteiger partial charge in [-0.05, 0) is 24.6 Å². The molecule has 2 aromatic carbocycles. The molecule has 15 nitrogen and oxygen atoms in total. The third kappa shape index (κ3) is 8.23. The van der Waals surface area contributed by atoms with Crippen LogP contribution in [0.15, 0.2) is 76.4 Å². The van der Waals surface area contributed by atoms with Crippen LogP contribution in [0.2, 0.25) is 0 Å². The van der Waals surface area contributed by atoms with Crippen LogP contribution in [0.5, 0.6) is 0 Å². The lowest BCUT2D eigenvalue weighted by Gasteiger charge is -2.33. The molecule has 0 amide bonds. The summed E-state index contributed by atoms with van der Waals surface area (Å²) < 4.78 is 77.7. The topological polar surface area (TPSA) is 193 Å². The van der Waals surface area contributed by atoms with Gasteiger partial charge >= 0.3 is 11.7 Å². The van der Waals surface area contributed by atoms with E-state index in [0.717, 1.165) is 30.2 Å². The van der Waals surface area contributed by atoms with E-state index in [0.29, 0.717) is 10.1 Å². The number of aryl methyl sites for hydroxylation is 1. The van der Waals surface area contributed by atoms with E-state index in [2.05, 4.69) is 0 Å². The van der Waals surface area contributed by atoms with E-state index in [-0.39, 0.29) is 17.7 Å². The Labute approximate surface area is 264 Å². The van der Waals surface area contributed by atoms with E-state index in [1.165, 1.54) is 31.2 Å². The van der Waals surface area contributed by atoms with Crippen molar-refractivity contribution >= 4 is 32.1 Å². The fourth-order valence-electron chi connectivity index (χ4n) is 4.81. The van der Waals surface area contributed by atoms with Crippen molar-refractivity contribution < 1.29 is 49.0 Å². The zero-order valence-electron chi connectivity index (χ0n) is 25.2. The van der Waals surface area contributed by atoms with Gasteiger partial charge in [-0.2, -0.15) is 21.4 Å². The molecule has 2 heterocycles. The summed E-state index contributed by atoms with van der Waals surface area (Å²) in [6.07, 6.45) is -2.29. The number of esters is 1. The number of rotatable bonds is 12. The van der Waals surface area contributed by atoms with Crippen molar-refractivity contribution in [1.29, 1.82) is 0 Å². The molecular weight excluding hydrogens is 648 g/mol. The average Bonchev–Trinajstić information content (AvgIpc) is 3.28. The minimum atomic E-state index is -4.19. The first-order valence-electron chi connectivity index (χ1n) is 13.7. The summed E-state index contributed by atoms with van der Waals surface area (Å²) in [6, 6.07) is 16.1. The van der Waals surface area contributed by atoms with Gasteiger partial charge in [0.05, 0.1) is 19.1 Å². The molecule has 1 aliphatic rings. The molecule has 3 atom stereocenters. The van der Waals surface area contributed by atoms with Gasteiger partial charge in [-0.3, -0.25) is 27.3 Å². The van der Waals surface area contributed by atoms with Gasteiger partial charge in [0.2, 0.25) is 0 Å². The van der Waals surface area contributed by atoms with Crippen molar-refractivity contribution in [1.82, 2.24) is 9.13 Å². The third-order valence-electron chi connectivity index (χ3n) is 6.85. The van der Waals surface area contributed by atoms with E-state index >= 15 is 0 Å². The SMILES string of the molecule is CC(=O)O[C@H]1[C@H](n2cc(C)c(=O)n(C(=O)c3ccccc3)c2=O)OC(COS(C)(=O)=O)(COS(C)(=O)=O)[C@@H]1OCc1ccccc1. The van der Waals surface area contributed by atoms with Crippen LogP contribution >= 0.6 is 0 Å². The zero-order chi connectivity index (χ0) is 33.9. The second-order valence-electron chi connectivity index (χ2n) is 10.6. The van der Waals surface area contributed by atoms with E-state index in [1.807, 2.05) is 0 Å². The van der Waals surface area contributed by atoms with Gasteiger partial charge in [0.1, 0.15) is 19.3 Å². The highest BCUT2D eigenvalue weighted by Gasteiger charge is 2.60. The Kier molecular flexibility index (Phi) is 10.4. The summed E-state index contributed by atoms with van der Waals surface area (Å²) in [5, 5.41) is 0. The fourth-order valence-corrected chi connectivity index (χ4v) is 5.64. The normalized spacial score (nSPS) is 19.5. The molecule has 0 radical (unpaired) electrons. The van der Waals surface area contributed by atoms with Crippen molar-refractivity contribution in [3.8, 4) is 0 Å². The third-order valence-corrected chi connectivity index (χ3v) is 7.94. The predicted octanol–water partition coefficient (Wildman–Crippen LogP) is 0.744. The Bertz CT molecular complexity index is 1890. The number of carbonyl (C=O) groups excluding carboxylic acids is 2. The first-order valence-corrected chi connectivity index (χ1v) is 17.3. The van der Waals surface area contributed by atoms with Gasteiger partial charge in [-0.15, -0.1) is 0 Å².